The number of aromatic amines is 1. The second-order valence-electron chi connectivity index (χ2n) is 6.60. The van der Waals surface area contributed by atoms with Crippen LogP contribution in [0.3, 0.4) is 0 Å². The van der Waals surface area contributed by atoms with Gasteiger partial charge in [0.2, 0.25) is 5.88 Å². The van der Waals surface area contributed by atoms with Gasteiger partial charge in [0.15, 0.2) is 6.61 Å². The second kappa shape index (κ2) is 7.57. The van der Waals surface area contributed by atoms with Crippen molar-refractivity contribution in [2.24, 2.45) is 0 Å². The highest BCUT2D eigenvalue weighted by molar-refractivity contribution is 5.78. The normalized spacial score (nSPS) is 15.0. The molecule has 7 nitrogen and oxygen atoms in total. The van der Waals surface area contributed by atoms with Crippen molar-refractivity contribution < 1.29 is 9.53 Å². The predicted octanol–water partition coefficient (Wildman–Crippen LogP) is 2.10. The fourth-order valence-electron chi connectivity index (χ4n) is 3.43. The highest BCUT2D eigenvalue weighted by Crippen LogP contribution is 2.27. The number of nitrogens with one attached hydrogen (secondary N) is 1. The number of nitrogens with zero attached hydrogens (tertiary/aromatic N) is 3. The number of aromatic nitrogens is 3. The molecule has 27 heavy (non-hydrogen) atoms. The van der Waals surface area contributed by atoms with Gasteiger partial charge in [0.25, 0.3) is 11.5 Å². The average molecular weight is 364 g/mol. The third-order valence-corrected chi connectivity index (χ3v) is 4.90. The molecule has 0 unspecified atom stereocenters. The van der Waals surface area contributed by atoms with E-state index in [0.717, 1.165) is 18.5 Å². The van der Waals surface area contributed by atoms with Gasteiger partial charge in [-0.05, 0) is 37.1 Å². The molecule has 1 fully saturated rings. The second-order valence-corrected chi connectivity index (χ2v) is 6.60. The molecular weight excluding hydrogens is 344 g/mol. The lowest BCUT2D eigenvalue weighted by Gasteiger charge is -2.32. The van der Waals surface area contributed by atoms with Crippen LogP contribution in [-0.4, -0.2) is 45.5 Å². The molecule has 0 spiro atoms. The fourth-order valence-corrected chi connectivity index (χ4v) is 3.43. The van der Waals surface area contributed by atoms with Crippen LogP contribution in [0.15, 0.2) is 53.6 Å². The molecule has 0 saturated carbocycles. The number of amides is 1. The summed E-state index contributed by atoms with van der Waals surface area (Å²) in [6.45, 7) is 1.26. The number of likely N-dealkylation sites (tertiary alicyclic amines) is 1. The van der Waals surface area contributed by atoms with E-state index in [1.54, 1.807) is 41.6 Å². The fraction of sp³-hybridized carbons (Fsp3) is 0.300. The minimum atomic E-state index is -0.113. The van der Waals surface area contributed by atoms with Gasteiger partial charge in [-0.2, -0.15) is 0 Å². The number of pyridine rings is 3. The topological polar surface area (TPSA) is 88.2 Å². The molecule has 4 heterocycles. The van der Waals surface area contributed by atoms with E-state index in [9.17, 15) is 9.59 Å². The number of hydrogen-bond donors (Lipinski definition) is 1. The summed E-state index contributed by atoms with van der Waals surface area (Å²) in [5.41, 5.74) is 1.49. The molecule has 138 valence electrons. The van der Waals surface area contributed by atoms with Crippen LogP contribution < -0.4 is 10.3 Å². The Labute approximate surface area is 156 Å². The Balaban J connectivity index is 1.37. The van der Waals surface area contributed by atoms with Gasteiger partial charge in [-0.25, -0.2) is 4.98 Å². The van der Waals surface area contributed by atoms with Gasteiger partial charge in [-0.3, -0.25) is 14.6 Å². The van der Waals surface area contributed by atoms with Crippen molar-refractivity contribution in [1.29, 1.82) is 0 Å². The van der Waals surface area contributed by atoms with Crippen molar-refractivity contribution in [3.63, 3.8) is 0 Å². The summed E-state index contributed by atoms with van der Waals surface area (Å²) in [5, 5.41) is 0.598. The van der Waals surface area contributed by atoms with Gasteiger partial charge >= 0.3 is 0 Å². The standard InChI is InChI=1S/C20H20N4O3/c25-19(13-27-18-5-1-2-8-22-18)24-10-6-14(7-11-24)16-12-17-15(20(26)23-16)4-3-9-21-17/h1-5,8-9,12,14H,6-7,10-11,13H2,(H,23,26). The van der Waals surface area contributed by atoms with Gasteiger partial charge in [0.05, 0.1) is 10.9 Å². The molecular formula is C20H20N4O3. The smallest absolute Gasteiger partial charge is 0.260 e. The summed E-state index contributed by atoms with van der Waals surface area (Å²) >= 11 is 0. The van der Waals surface area contributed by atoms with Crippen LogP contribution in [0.1, 0.15) is 24.5 Å². The van der Waals surface area contributed by atoms with Crippen LogP contribution in [0.4, 0.5) is 0 Å². The minimum absolute atomic E-state index is 0.0155. The van der Waals surface area contributed by atoms with Crippen LogP contribution >= 0.6 is 0 Å². The number of carbonyl (C=O) groups is 1. The highest BCUT2D eigenvalue weighted by atomic mass is 16.5. The number of ether oxygens (including phenoxy) is 1. The first-order chi connectivity index (χ1) is 13.2. The Kier molecular flexibility index (Phi) is 4.82. The van der Waals surface area contributed by atoms with Gasteiger partial charge in [0.1, 0.15) is 0 Å². The van der Waals surface area contributed by atoms with E-state index < -0.39 is 0 Å². The SMILES string of the molecule is O=C(COc1ccccn1)N1CCC(c2cc3ncccc3c(=O)[nH]2)CC1. The number of H-pyrrole nitrogens is 1. The lowest BCUT2D eigenvalue weighted by atomic mass is 9.92. The first kappa shape index (κ1) is 17.2. The Morgan fingerprint density at radius 3 is 2.74 bits per heavy atom. The summed E-state index contributed by atoms with van der Waals surface area (Å²) in [4.78, 5) is 37.7. The highest BCUT2D eigenvalue weighted by Gasteiger charge is 2.25. The molecule has 1 saturated heterocycles. The number of rotatable bonds is 4. The molecule has 0 bridgehead atoms. The minimum Gasteiger partial charge on any atom is -0.468 e. The molecule has 3 aromatic rings. The third-order valence-electron chi connectivity index (χ3n) is 4.90. The number of carbonyl (C=O) groups excluding carboxylic acids is 1. The van der Waals surface area contributed by atoms with E-state index in [-0.39, 0.29) is 24.0 Å². The van der Waals surface area contributed by atoms with E-state index in [1.165, 1.54) is 0 Å². The summed E-state index contributed by atoms with van der Waals surface area (Å²) in [7, 11) is 0. The third kappa shape index (κ3) is 3.81. The Morgan fingerprint density at radius 1 is 1.15 bits per heavy atom. The predicted molar refractivity (Wildman–Crippen MR) is 101 cm³/mol. The zero-order valence-electron chi connectivity index (χ0n) is 14.8. The zero-order chi connectivity index (χ0) is 18.6. The van der Waals surface area contributed by atoms with E-state index in [0.29, 0.717) is 29.9 Å². The maximum absolute atomic E-state index is 12.3. The molecule has 0 atom stereocenters. The summed E-state index contributed by atoms with van der Waals surface area (Å²) in [6.07, 6.45) is 4.91. The van der Waals surface area contributed by atoms with Gasteiger partial charge in [0, 0.05) is 43.2 Å². The first-order valence-electron chi connectivity index (χ1n) is 9.00. The number of fused-ring (bicyclic) bond motifs is 1. The van der Waals surface area contributed by atoms with Gasteiger partial charge < -0.3 is 14.6 Å². The average Bonchev–Trinajstić information content (AvgIpc) is 2.73. The van der Waals surface area contributed by atoms with E-state index in [1.807, 2.05) is 12.1 Å². The van der Waals surface area contributed by atoms with Crippen molar-refractivity contribution in [3.8, 4) is 5.88 Å². The van der Waals surface area contributed by atoms with Gasteiger partial charge in [-0.1, -0.05) is 6.07 Å². The molecule has 1 amide bonds. The quantitative estimate of drug-likeness (QED) is 0.766. The van der Waals surface area contributed by atoms with Crippen LogP contribution in [0.25, 0.3) is 10.9 Å². The molecule has 7 heteroatoms. The molecule has 1 N–H and O–H groups in total. The molecule has 0 aliphatic carbocycles. The summed E-state index contributed by atoms with van der Waals surface area (Å²) in [6, 6.07) is 10.8. The Bertz CT molecular complexity index is 995. The van der Waals surface area contributed by atoms with Crippen molar-refractivity contribution in [2.45, 2.75) is 18.8 Å². The van der Waals surface area contributed by atoms with Crippen LogP contribution in [0.2, 0.25) is 0 Å². The molecule has 0 radical (unpaired) electrons. The van der Waals surface area contributed by atoms with Crippen LogP contribution in [0, 0.1) is 0 Å². The Hall–Kier alpha value is -3.22. The molecule has 3 aromatic heterocycles. The summed E-state index contributed by atoms with van der Waals surface area (Å²) in [5.74, 6) is 0.611. The zero-order valence-corrected chi connectivity index (χ0v) is 14.8. The maximum Gasteiger partial charge on any atom is 0.260 e. The van der Waals surface area contributed by atoms with E-state index >= 15 is 0 Å². The van der Waals surface area contributed by atoms with Crippen LogP contribution in [-0.2, 0) is 4.79 Å². The van der Waals surface area contributed by atoms with Crippen molar-refractivity contribution in [1.82, 2.24) is 19.9 Å². The van der Waals surface area contributed by atoms with E-state index in [4.69, 9.17) is 4.74 Å². The molecule has 1 aliphatic heterocycles. The first-order valence-corrected chi connectivity index (χ1v) is 9.00. The molecule has 1 aliphatic rings. The molecule has 4 rings (SSSR count). The van der Waals surface area contributed by atoms with Crippen molar-refractivity contribution >= 4 is 16.8 Å². The van der Waals surface area contributed by atoms with Gasteiger partial charge in [-0.15, -0.1) is 0 Å². The Morgan fingerprint density at radius 2 is 1.96 bits per heavy atom. The summed E-state index contributed by atoms with van der Waals surface area (Å²) < 4.78 is 5.44. The van der Waals surface area contributed by atoms with Crippen LogP contribution in [0.5, 0.6) is 5.88 Å². The maximum atomic E-state index is 12.3. The largest absolute Gasteiger partial charge is 0.468 e. The number of hydrogen-bond acceptors (Lipinski definition) is 5. The lowest BCUT2D eigenvalue weighted by Crippen LogP contribution is -2.40. The lowest BCUT2D eigenvalue weighted by molar-refractivity contribution is -0.134. The van der Waals surface area contributed by atoms with E-state index in [2.05, 4.69) is 15.0 Å². The number of piperidine rings is 1. The monoisotopic (exact) mass is 364 g/mol. The van der Waals surface area contributed by atoms with Crippen molar-refractivity contribution in [2.75, 3.05) is 19.7 Å². The molecule has 0 aromatic carbocycles. The van der Waals surface area contributed by atoms with Crippen molar-refractivity contribution in [3.05, 3.63) is 64.8 Å².